The van der Waals surface area contributed by atoms with E-state index in [1.807, 2.05) is 0 Å². The first-order valence-corrected chi connectivity index (χ1v) is 3.86. The molecule has 1 aromatic rings. The number of aromatic carboxylic acids is 1. The predicted octanol–water partition coefficient (Wildman–Crippen LogP) is 2.47. The third-order valence-corrected chi connectivity index (χ3v) is 1.80. The standard InChI is InChI=1S/C9H7F3O3/c1-15-7-5(8(11)12)3-2-4(6(7)10)9(13)14/h2-3,8H,1H3,(H,13,14). The van der Waals surface area contributed by atoms with Gasteiger partial charge in [0.25, 0.3) is 6.43 Å². The predicted molar refractivity (Wildman–Crippen MR) is 44.9 cm³/mol. The molecule has 0 aliphatic heterocycles. The number of carbonyl (C=O) groups is 1. The number of rotatable bonds is 3. The van der Waals surface area contributed by atoms with Crippen LogP contribution in [-0.2, 0) is 0 Å². The minimum absolute atomic E-state index is 0.667. The minimum Gasteiger partial charge on any atom is -0.493 e. The number of methoxy groups -OCH3 is 1. The van der Waals surface area contributed by atoms with E-state index in [9.17, 15) is 18.0 Å². The molecule has 6 heteroatoms. The summed E-state index contributed by atoms with van der Waals surface area (Å²) in [6.07, 6.45) is -2.92. The second-order valence-electron chi connectivity index (χ2n) is 2.66. The van der Waals surface area contributed by atoms with Gasteiger partial charge in [0.15, 0.2) is 11.6 Å². The molecule has 0 spiro atoms. The second-order valence-corrected chi connectivity index (χ2v) is 2.66. The van der Waals surface area contributed by atoms with Crippen LogP contribution < -0.4 is 4.74 Å². The quantitative estimate of drug-likeness (QED) is 0.851. The lowest BCUT2D eigenvalue weighted by molar-refractivity contribution is 0.0690. The molecule has 1 aromatic carbocycles. The monoisotopic (exact) mass is 220 g/mol. The normalized spacial score (nSPS) is 10.5. The van der Waals surface area contributed by atoms with Gasteiger partial charge in [0.2, 0.25) is 0 Å². The van der Waals surface area contributed by atoms with Crippen molar-refractivity contribution in [2.75, 3.05) is 7.11 Å². The van der Waals surface area contributed by atoms with Crippen molar-refractivity contribution in [1.29, 1.82) is 0 Å². The molecule has 0 aliphatic carbocycles. The van der Waals surface area contributed by atoms with Crippen molar-refractivity contribution in [3.63, 3.8) is 0 Å². The summed E-state index contributed by atoms with van der Waals surface area (Å²) in [5.74, 6) is -3.56. The van der Waals surface area contributed by atoms with Crippen molar-refractivity contribution in [2.24, 2.45) is 0 Å². The Morgan fingerprint density at radius 1 is 1.47 bits per heavy atom. The van der Waals surface area contributed by atoms with Crippen LogP contribution >= 0.6 is 0 Å². The number of carboxylic acid groups (broad SMARTS) is 1. The molecule has 0 amide bonds. The molecule has 0 atom stereocenters. The Kier molecular flexibility index (Phi) is 3.18. The molecule has 0 unspecified atom stereocenters. The average molecular weight is 220 g/mol. The molecule has 0 bridgehead atoms. The van der Waals surface area contributed by atoms with Gasteiger partial charge in [-0.2, -0.15) is 0 Å². The highest BCUT2D eigenvalue weighted by Crippen LogP contribution is 2.32. The Bertz CT molecular complexity index is 390. The van der Waals surface area contributed by atoms with Gasteiger partial charge in [-0.25, -0.2) is 18.0 Å². The fourth-order valence-electron chi connectivity index (χ4n) is 1.12. The smallest absolute Gasteiger partial charge is 0.338 e. The third kappa shape index (κ3) is 2.03. The summed E-state index contributed by atoms with van der Waals surface area (Å²) in [5.41, 5.74) is -1.36. The zero-order valence-electron chi connectivity index (χ0n) is 7.63. The highest BCUT2D eigenvalue weighted by molar-refractivity contribution is 5.88. The molecule has 15 heavy (non-hydrogen) atoms. The molecule has 0 fully saturated rings. The van der Waals surface area contributed by atoms with E-state index in [1.54, 1.807) is 0 Å². The van der Waals surface area contributed by atoms with Crippen molar-refractivity contribution >= 4 is 5.97 Å². The van der Waals surface area contributed by atoms with Gasteiger partial charge in [-0.05, 0) is 12.1 Å². The summed E-state index contributed by atoms with van der Waals surface area (Å²) >= 11 is 0. The number of ether oxygens (including phenoxy) is 1. The van der Waals surface area contributed by atoms with Crippen LogP contribution in [0.1, 0.15) is 22.3 Å². The fourth-order valence-corrected chi connectivity index (χ4v) is 1.12. The molecule has 3 nitrogen and oxygen atoms in total. The third-order valence-electron chi connectivity index (χ3n) is 1.80. The Morgan fingerprint density at radius 3 is 2.47 bits per heavy atom. The summed E-state index contributed by atoms with van der Waals surface area (Å²) in [5, 5.41) is 8.53. The van der Waals surface area contributed by atoms with Crippen molar-refractivity contribution in [3.05, 3.63) is 29.1 Å². The van der Waals surface area contributed by atoms with Crippen LogP contribution in [-0.4, -0.2) is 18.2 Å². The molecular weight excluding hydrogens is 213 g/mol. The van der Waals surface area contributed by atoms with Crippen LogP contribution in [0, 0.1) is 5.82 Å². The van der Waals surface area contributed by atoms with Gasteiger partial charge in [-0.1, -0.05) is 0 Å². The van der Waals surface area contributed by atoms with E-state index in [0.29, 0.717) is 0 Å². The van der Waals surface area contributed by atoms with E-state index in [2.05, 4.69) is 4.74 Å². The zero-order valence-corrected chi connectivity index (χ0v) is 7.63. The number of benzene rings is 1. The minimum atomic E-state index is -2.92. The average Bonchev–Trinajstić information content (AvgIpc) is 2.16. The number of hydrogen-bond donors (Lipinski definition) is 1. The lowest BCUT2D eigenvalue weighted by atomic mass is 10.1. The first kappa shape index (κ1) is 11.4. The highest BCUT2D eigenvalue weighted by Gasteiger charge is 2.22. The molecule has 0 aliphatic rings. The van der Waals surface area contributed by atoms with Gasteiger partial charge in [-0.3, -0.25) is 0 Å². The molecule has 1 N–H and O–H groups in total. The number of alkyl halides is 2. The van der Waals surface area contributed by atoms with Crippen molar-refractivity contribution in [1.82, 2.24) is 0 Å². The van der Waals surface area contributed by atoms with E-state index in [-0.39, 0.29) is 0 Å². The summed E-state index contributed by atoms with van der Waals surface area (Å²) in [6, 6.07) is 1.61. The van der Waals surface area contributed by atoms with Gasteiger partial charge in [-0.15, -0.1) is 0 Å². The van der Waals surface area contributed by atoms with E-state index >= 15 is 0 Å². The Morgan fingerprint density at radius 2 is 2.07 bits per heavy atom. The lowest BCUT2D eigenvalue weighted by Gasteiger charge is -2.09. The summed E-state index contributed by atoms with van der Waals surface area (Å²) in [4.78, 5) is 10.5. The highest BCUT2D eigenvalue weighted by atomic mass is 19.3. The molecule has 0 radical (unpaired) electrons. The Labute approximate surface area is 83.1 Å². The van der Waals surface area contributed by atoms with Crippen LogP contribution in [0.15, 0.2) is 12.1 Å². The number of carboxylic acids is 1. The molecule has 82 valence electrons. The molecular formula is C9H7F3O3. The van der Waals surface area contributed by atoms with E-state index < -0.39 is 35.1 Å². The number of hydrogen-bond acceptors (Lipinski definition) is 2. The van der Waals surface area contributed by atoms with Gasteiger partial charge in [0.05, 0.1) is 18.2 Å². The first-order chi connectivity index (χ1) is 6.99. The zero-order chi connectivity index (χ0) is 11.6. The fraction of sp³-hybridized carbons (Fsp3) is 0.222. The summed E-state index contributed by atoms with van der Waals surface area (Å²) < 4.78 is 42.4. The summed E-state index contributed by atoms with van der Waals surface area (Å²) in [7, 11) is 0.996. The van der Waals surface area contributed by atoms with E-state index in [1.165, 1.54) is 0 Å². The van der Waals surface area contributed by atoms with E-state index in [4.69, 9.17) is 5.11 Å². The number of halogens is 3. The van der Waals surface area contributed by atoms with Crippen LogP contribution in [0.5, 0.6) is 5.75 Å². The lowest BCUT2D eigenvalue weighted by Crippen LogP contribution is -2.05. The van der Waals surface area contributed by atoms with Crippen LogP contribution in [0.4, 0.5) is 13.2 Å². The van der Waals surface area contributed by atoms with E-state index in [0.717, 1.165) is 19.2 Å². The molecule has 1 rings (SSSR count). The van der Waals surface area contributed by atoms with Crippen LogP contribution in [0.3, 0.4) is 0 Å². The first-order valence-electron chi connectivity index (χ1n) is 3.86. The molecule has 0 saturated heterocycles. The van der Waals surface area contributed by atoms with Crippen molar-refractivity contribution < 1.29 is 27.8 Å². The largest absolute Gasteiger partial charge is 0.493 e. The van der Waals surface area contributed by atoms with Crippen molar-refractivity contribution in [3.8, 4) is 5.75 Å². The maximum absolute atomic E-state index is 13.3. The summed E-state index contributed by atoms with van der Waals surface area (Å²) in [6.45, 7) is 0. The molecule has 0 aromatic heterocycles. The molecule has 0 heterocycles. The van der Waals surface area contributed by atoms with Gasteiger partial charge >= 0.3 is 5.97 Å². The van der Waals surface area contributed by atoms with Gasteiger partial charge < -0.3 is 9.84 Å². The maximum Gasteiger partial charge on any atom is 0.338 e. The topological polar surface area (TPSA) is 46.5 Å². The Hall–Kier alpha value is -1.72. The molecule has 0 saturated carbocycles. The van der Waals surface area contributed by atoms with Gasteiger partial charge in [0.1, 0.15) is 0 Å². The van der Waals surface area contributed by atoms with Gasteiger partial charge in [0, 0.05) is 0 Å². The van der Waals surface area contributed by atoms with Crippen LogP contribution in [0.25, 0.3) is 0 Å². The van der Waals surface area contributed by atoms with Crippen molar-refractivity contribution in [2.45, 2.75) is 6.43 Å². The SMILES string of the molecule is COc1c(C(F)F)ccc(C(=O)O)c1F. The van der Waals surface area contributed by atoms with Crippen LogP contribution in [0.2, 0.25) is 0 Å². The second kappa shape index (κ2) is 4.20. The maximum atomic E-state index is 13.3. The Balaban J connectivity index is 3.39.